The van der Waals surface area contributed by atoms with Gasteiger partial charge in [-0.15, -0.1) is 0 Å². The quantitative estimate of drug-likeness (QED) is 0.119. The van der Waals surface area contributed by atoms with Crippen LogP contribution in [0.4, 0.5) is 0 Å². The van der Waals surface area contributed by atoms with Gasteiger partial charge < -0.3 is 29.2 Å². The minimum absolute atomic E-state index is 0.148. The zero-order valence-corrected chi connectivity index (χ0v) is 26.1. The molecule has 0 unspecified atom stereocenters. The number of H-pyrrole nitrogens is 1. The van der Waals surface area contributed by atoms with Crippen LogP contribution in [0.3, 0.4) is 0 Å². The summed E-state index contributed by atoms with van der Waals surface area (Å²) in [6, 6.07) is 27.5. The summed E-state index contributed by atoms with van der Waals surface area (Å²) >= 11 is 0. The Morgan fingerprint density at radius 2 is 1.36 bits per heavy atom. The van der Waals surface area contributed by atoms with E-state index in [4.69, 9.17) is 24.1 Å². The van der Waals surface area contributed by atoms with Gasteiger partial charge in [-0.2, -0.15) is 0 Å². The Kier molecular flexibility index (Phi) is 9.59. The van der Waals surface area contributed by atoms with Crippen molar-refractivity contribution in [3.63, 3.8) is 0 Å². The number of aliphatic hydroxyl groups is 1. The third-order valence-electron chi connectivity index (χ3n) is 8.68. The van der Waals surface area contributed by atoms with Crippen LogP contribution in [0.2, 0.25) is 0 Å². The van der Waals surface area contributed by atoms with Crippen LogP contribution in [0.1, 0.15) is 35.1 Å². The largest absolute Gasteiger partial charge is 0.481 e. The topological polar surface area (TPSA) is 166 Å². The van der Waals surface area contributed by atoms with Gasteiger partial charge in [-0.3, -0.25) is 23.9 Å². The van der Waals surface area contributed by atoms with E-state index in [0.717, 1.165) is 0 Å². The van der Waals surface area contributed by atoms with E-state index in [1.54, 1.807) is 0 Å². The molecule has 0 aliphatic carbocycles. The maximum absolute atomic E-state index is 14.2. The highest BCUT2D eigenvalue weighted by Gasteiger charge is 2.78. The lowest BCUT2D eigenvalue weighted by molar-refractivity contribution is -0.339. The SMILES string of the molecule is COC1(OC)[C@H](O)[C@@H](COC(=O)CCC(=O)O)O[C@]1(n1cc(C)c(=O)[nH]c1=O)C(c1ccccc1)(c1ccccc1)c1ccccc1. The van der Waals surface area contributed by atoms with Crippen molar-refractivity contribution in [1.82, 2.24) is 9.55 Å². The Morgan fingerprint density at radius 1 is 0.872 bits per heavy atom. The van der Waals surface area contributed by atoms with Gasteiger partial charge in [0.25, 0.3) is 5.56 Å². The third kappa shape index (κ3) is 5.38. The Balaban J connectivity index is 1.94. The van der Waals surface area contributed by atoms with Crippen molar-refractivity contribution in [3.05, 3.63) is 140 Å². The van der Waals surface area contributed by atoms with Gasteiger partial charge in [0.15, 0.2) is 0 Å². The van der Waals surface area contributed by atoms with Crippen LogP contribution < -0.4 is 11.2 Å². The number of hydrogen-bond donors (Lipinski definition) is 3. The average molecular weight is 645 g/mol. The lowest BCUT2D eigenvalue weighted by atomic mass is 9.59. The molecule has 1 aliphatic rings. The molecule has 12 heteroatoms. The van der Waals surface area contributed by atoms with Gasteiger partial charge in [-0.25, -0.2) is 4.79 Å². The number of rotatable bonds is 12. The molecule has 246 valence electrons. The first-order chi connectivity index (χ1) is 22.6. The Morgan fingerprint density at radius 3 is 1.81 bits per heavy atom. The molecule has 0 radical (unpaired) electrons. The van der Waals surface area contributed by atoms with E-state index < -0.39 is 71.8 Å². The van der Waals surface area contributed by atoms with Crippen LogP contribution in [0.25, 0.3) is 0 Å². The van der Waals surface area contributed by atoms with Crippen LogP contribution >= 0.6 is 0 Å². The van der Waals surface area contributed by atoms with Crippen molar-refractivity contribution in [2.45, 2.75) is 48.9 Å². The van der Waals surface area contributed by atoms with Crippen LogP contribution in [0.15, 0.2) is 107 Å². The number of carbonyl (C=O) groups excluding carboxylic acids is 1. The maximum Gasteiger partial charge on any atom is 0.330 e. The van der Waals surface area contributed by atoms with Crippen LogP contribution in [-0.4, -0.2) is 70.5 Å². The van der Waals surface area contributed by atoms with E-state index >= 15 is 0 Å². The number of aromatic nitrogens is 2. The lowest BCUT2D eigenvalue weighted by Crippen LogP contribution is -2.71. The van der Waals surface area contributed by atoms with Crippen LogP contribution in [-0.2, 0) is 39.7 Å². The number of hydrogen-bond acceptors (Lipinski definition) is 9. The van der Waals surface area contributed by atoms with E-state index in [9.17, 15) is 24.3 Å². The van der Waals surface area contributed by atoms with E-state index in [2.05, 4.69) is 4.98 Å². The highest BCUT2D eigenvalue weighted by atomic mass is 16.7. The molecule has 3 N–H and O–H groups in total. The standard InChI is InChI=1S/C35H36N2O10/c1-23-21-37(32(43)36-31(23)42)35(34(44-2,45-3)30(41)27(47-35)22-46-29(40)20-19-28(38)39)33(24-13-7-4-8-14-24,25-15-9-5-10-16-25)26-17-11-6-12-18-26/h4-18,21,27,30,41H,19-20,22H2,1-3H3,(H,38,39)(H,36,42,43)/t27-,30-,35-/m1/s1. The van der Waals surface area contributed by atoms with Crippen molar-refractivity contribution < 1.29 is 38.7 Å². The number of carboxylic acids is 1. The minimum atomic E-state index is -2.23. The molecule has 1 aromatic heterocycles. The predicted molar refractivity (Wildman–Crippen MR) is 169 cm³/mol. The Labute approximate surface area is 270 Å². The second-order valence-corrected chi connectivity index (χ2v) is 11.2. The number of carbonyl (C=O) groups is 2. The molecule has 0 bridgehead atoms. The van der Waals surface area contributed by atoms with Crippen LogP contribution in [0.5, 0.6) is 0 Å². The smallest absolute Gasteiger partial charge is 0.330 e. The number of nitrogens with zero attached hydrogens (tertiary/aromatic N) is 1. The molecule has 12 nitrogen and oxygen atoms in total. The first-order valence-electron chi connectivity index (χ1n) is 14.9. The number of aliphatic hydroxyl groups excluding tert-OH is 1. The summed E-state index contributed by atoms with van der Waals surface area (Å²) in [5.74, 6) is -4.25. The number of benzene rings is 3. The predicted octanol–water partition coefficient (Wildman–Crippen LogP) is 2.69. The molecule has 5 rings (SSSR count). The second kappa shape index (κ2) is 13.5. The number of ether oxygens (including phenoxy) is 4. The van der Waals surface area contributed by atoms with Crippen molar-refractivity contribution >= 4 is 11.9 Å². The first kappa shape index (κ1) is 33.5. The van der Waals surface area contributed by atoms with Gasteiger partial charge in [-0.05, 0) is 23.6 Å². The zero-order chi connectivity index (χ0) is 33.8. The minimum Gasteiger partial charge on any atom is -0.481 e. The highest BCUT2D eigenvalue weighted by Crippen LogP contribution is 2.61. The number of carboxylic acid groups (broad SMARTS) is 1. The monoisotopic (exact) mass is 644 g/mol. The summed E-state index contributed by atoms with van der Waals surface area (Å²) in [5, 5.41) is 21.2. The molecule has 1 fully saturated rings. The Bertz CT molecular complexity index is 1720. The summed E-state index contributed by atoms with van der Waals surface area (Å²) in [7, 11) is 2.59. The van der Waals surface area contributed by atoms with Crippen molar-refractivity contribution in [1.29, 1.82) is 0 Å². The molecule has 0 spiro atoms. The Hall–Kier alpha value is -4.88. The highest BCUT2D eigenvalue weighted by molar-refractivity contribution is 5.76. The normalized spacial score (nSPS) is 20.5. The number of aromatic amines is 1. The number of aliphatic carboxylic acids is 1. The van der Waals surface area contributed by atoms with E-state index in [-0.39, 0.29) is 5.56 Å². The van der Waals surface area contributed by atoms with E-state index in [1.807, 2.05) is 91.0 Å². The summed E-state index contributed by atoms with van der Waals surface area (Å²) < 4.78 is 25.9. The fourth-order valence-electron chi connectivity index (χ4n) is 6.70. The summed E-state index contributed by atoms with van der Waals surface area (Å²) in [6.45, 7) is 0.966. The fraction of sp³-hybridized carbons (Fsp3) is 0.314. The van der Waals surface area contributed by atoms with Crippen molar-refractivity contribution in [2.75, 3.05) is 20.8 Å². The van der Waals surface area contributed by atoms with E-state index in [1.165, 1.54) is 31.9 Å². The van der Waals surface area contributed by atoms with E-state index in [0.29, 0.717) is 16.7 Å². The molecule has 1 aliphatic heterocycles. The molecule has 4 aromatic rings. The molecule has 0 amide bonds. The lowest BCUT2D eigenvalue weighted by Gasteiger charge is -2.55. The third-order valence-corrected chi connectivity index (χ3v) is 8.68. The summed E-state index contributed by atoms with van der Waals surface area (Å²) in [6.07, 6.45) is -2.66. The molecule has 47 heavy (non-hydrogen) atoms. The number of methoxy groups -OCH3 is 2. The number of esters is 1. The average Bonchev–Trinajstić information content (AvgIpc) is 3.34. The van der Waals surface area contributed by atoms with Gasteiger partial charge in [0, 0.05) is 26.0 Å². The van der Waals surface area contributed by atoms with Gasteiger partial charge in [0.1, 0.15) is 18.8 Å². The molecular weight excluding hydrogens is 608 g/mol. The molecule has 1 saturated heterocycles. The summed E-state index contributed by atoms with van der Waals surface area (Å²) in [4.78, 5) is 52.9. The molecule has 0 saturated carbocycles. The molecular formula is C35H36N2O10. The summed E-state index contributed by atoms with van der Waals surface area (Å²) in [5.41, 5.74) is -3.41. The molecule has 3 aromatic carbocycles. The van der Waals surface area contributed by atoms with Crippen molar-refractivity contribution in [2.24, 2.45) is 0 Å². The molecule has 3 atom stereocenters. The first-order valence-corrected chi connectivity index (χ1v) is 14.9. The van der Waals surface area contributed by atoms with Crippen molar-refractivity contribution in [3.8, 4) is 0 Å². The fourth-order valence-corrected chi connectivity index (χ4v) is 6.70. The maximum atomic E-state index is 14.2. The van der Waals surface area contributed by atoms with Gasteiger partial charge in [-0.1, -0.05) is 91.0 Å². The van der Waals surface area contributed by atoms with Gasteiger partial charge >= 0.3 is 17.6 Å². The van der Waals surface area contributed by atoms with Crippen LogP contribution in [0, 0.1) is 6.92 Å². The zero-order valence-electron chi connectivity index (χ0n) is 26.1. The van der Waals surface area contributed by atoms with Gasteiger partial charge in [0.05, 0.1) is 18.3 Å². The molecule has 2 heterocycles. The van der Waals surface area contributed by atoms with Gasteiger partial charge in [0.2, 0.25) is 11.5 Å². The number of aryl methyl sites for hydroxylation is 1. The number of nitrogens with one attached hydrogen (secondary N) is 1. The second-order valence-electron chi connectivity index (χ2n) is 11.2.